The highest BCUT2D eigenvalue weighted by Gasteiger charge is 2.12. The van der Waals surface area contributed by atoms with Gasteiger partial charge in [0.15, 0.2) is 5.89 Å². The second kappa shape index (κ2) is 7.31. The summed E-state index contributed by atoms with van der Waals surface area (Å²) in [5, 5.41) is 2.87. The predicted molar refractivity (Wildman–Crippen MR) is 98.9 cm³/mol. The summed E-state index contributed by atoms with van der Waals surface area (Å²) >= 11 is 0. The van der Waals surface area contributed by atoms with Crippen molar-refractivity contribution in [3.05, 3.63) is 59.7 Å². The maximum Gasteiger partial charge on any atom is 0.255 e. The molecule has 0 atom stereocenters. The number of amides is 1. The van der Waals surface area contributed by atoms with Crippen molar-refractivity contribution >= 4 is 11.6 Å². The van der Waals surface area contributed by atoms with E-state index in [0.29, 0.717) is 28.6 Å². The van der Waals surface area contributed by atoms with E-state index in [2.05, 4.69) is 10.3 Å². The molecule has 26 heavy (non-hydrogen) atoms. The smallest absolute Gasteiger partial charge is 0.255 e. The lowest BCUT2D eigenvalue weighted by Gasteiger charge is -2.09. The predicted octanol–water partition coefficient (Wildman–Crippen LogP) is 4.23. The van der Waals surface area contributed by atoms with Crippen molar-refractivity contribution in [3.63, 3.8) is 0 Å². The SMILES string of the molecule is COc1cc(OC)cc(C(=O)Nc2ccc(-c3nc(C)oc3C)cc2)c1. The van der Waals surface area contributed by atoms with Crippen molar-refractivity contribution in [3.8, 4) is 22.8 Å². The Morgan fingerprint density at radius 1 is 1.00 bits per heavy atom. The number of nitrogens with zero attached hydrogens (tertiary/aromatic N) is 1. The second-order valence-electron chi connectivity index (χ2n) is 5.77. The Hall–Kier alpha value is -3.28. The summed E-state index contributed by atoms with van der Waals surface area (Å²) in [6, 6.07) is 12.5. The molecule has 0 aliphatic heterocycles. The van der Waals surface area contributed by atoms with Crippen molar-refractivity contribution in [2.24, 2.45) is 0 Å². The van der Waals surface area contributed by atoms with Crippen LogP contribution in [0.15, 0.2) is 46.9 Å². The molecule has 1 heterocycles. The van der Waals surface area contributed by atoms with Gasteiger partial charge < -0.3 is 19.2 Å². The number of ether oxygens (including phenoxy) is 2. The van der Waals surface area contributed by atoms with Gasteiger partial charge in [-0.15, -0.1) is 0 Å². The lowest BCUT2D eigenvalue weighted by atomic mass is 10.1. The molecule has 0 unspecified atom stereocenters. The van der Waals surface area contributed by atoms with Gasteiger partial charge in [-0.1, -0.05) is 12.1 Å². The summed E-state index contributed by atoms with van der Waals surface area (Å²) in [7, 11) is 3.09. The number of rotatable bonds is 5. The molecule has 3 aromatic rings. The molecule has 0 radical (unpaired) electrons. The van der Waals surface area contributed by atoms with Crippen molar-refractivity contribution in [2.45, 2.75) is 13.8 Å². The van der Waals surface area contributed by atoms with Crippen LogP contribution in [0.3, 0.4) is 0 Å². The minimum Gasteiger partial charge on any atom is -0.497 e. The minimum atomic E-state index is -0.247. The first-order valence-electron chi connectivity index (χ1n) is 8.09. The molecule has 0 spiro atoms. The number of hydrogen-bond acceptors (Lipinski definition) is 5. The standard InChI is InChI=1S/C20H20N2O4/c1-12-19(21-13(2)26-12)14-5-7-16(8-6-14)22-20(23)15-9-17(24-3)11-18(10-15)25-4/h5-11H,1-4H3,(H,22,23). The van der Waals surface area contributed by atoms with Gasteiger partial charge in [-0.3, -0.25) is 4.79 Å². The zero-order valence-electron chi connectivity index (χ0n) is 15.1. The number of aryl methyl sites for hydroxylation is 2. The fraction of sp³-hybridized carbons (Fsp3) is 0.200. The van der Waals surface area contributed by atoms with Gasteiger partial charge in [0.2, 0.25) is 0 Å². The highest BCUT2D eigenvalue weighted by molar-refractivity contribution is 6.04. The van der Waals surface area contributed by atoms with E-state index in [1.54, 1.807) is 32.4 Å². The highest BCUT2D eigenvalue weighted by atomic mass is 16.5. The summed E-state index contributed by atoms with van der Waals surface area (Å²) < 4.78 is 15.9. The lowest BCUT2D eigenvalue weighted by Crippen LogP contribution is -2.12. The van der Waals surface area contributed by atoms with E-state index in [1.165, 1.54) is 0 Å². The lowest BCUT2D eigenvalue weighted by molar-refractivity contribution is 0.102. The molecule has 1 aromatic heterocycles. The monoisotopic (exact) mass is 352 g/mol. The van der Waals surface area contributed by atoms with Gasteiger partial charge in [0.05, 0.1) is 14.2 Å². The van der Waals surface area contributed by atoms with E-state index >= 15 is 0 Å². The molecule has 1 N–H and O–H groups in total. The minimum absolute atomic E-state index is 0.247. The van der Waals surface area contributed by atoms with Gasteiger partial charge in [-0.25, -0.2) is 4.98 Å². The molecule has 0 aliphatic carbocycles. The molecular weight excluding hydrogens is 332 g/mol. The van der Waals surface area contributed by atoms with Gasteiger partial charge >= 0.3 is 0 Å². The van der Waals surface area contributed by atoms with Crippen LogP contribution in [0, 0.1) is 13.8 Å². The maximum atomic E-state index is 12.5. The van der Waals surface area contributed by atoms with Crippen LogP contribution >= 0.6 is 0 Å². The van der Waals surface area contributed by atoms with Crippen LogP contribution in [0.4, 0.5) is 5.69 Å². The summed E-state index contributed by atoms with van der Waals surface area (Å²) in [5.41, 5.74) is 2.87. The molecule has 1 amide bonds. The average Bonchev–Trinajstić information content (AvgIpc) is 3.00. The van der Waals surface area contributed by atoms with Gasteiger partial charge in [0, 0.05) is 29.8 Å². The van der Waals surface area contributed by atoms with E-state index in [9.17, 15) is 4.79 Å². The van der Waals surface area contributed by atoms with Crippen LogP contribution in [-0.2, 0) is 0 Å². The zero-order chi connectivity index (χ0) is 18.7. The Kier molecular flexibility index (Phi) is 4.93. The Bertz CT molecular complexity index is 907. The number of anilines is 1. The van der Waals surface area contributed by atoms with Gasteiger partial charge in [-0.2, -0.15) is 0 Å². The van der Waals surface area contributed by atoms with Crippen molar-refractivity contribution in [1.29, 1.82) is 0 Å². The van der Waals surface area contributed by atoms with Crippen LogP contribution in [0.1, 0.15) is 22.0 Å². The molecule has 0 bridgehead atoms. The van der Waals surface area contributed by atoms with E-state index in [0.717, 1.165) is 17.0 Å². The largest absolute Gasteiger partial charge is 0.497 e. The third-order valence-corrected chi connectivity index (χ3v) is 3.93. The first kappa shape index (κ1) is 17.5. The molecule has 3 rings (SSSR count). The Morgan fingerprint density at radius 3 is 2.12 bits per heavy atom. The van der Waals surface area contributed by atoms with Gasteiger partial charge in [0.25, 0.3) is 5.91 Å². The quantitative estimate of drug-likeness (QED) is 0.744. The van der Waals surface area contributed by atoms with E-state index in [1.807, 2.05) is 38.1 Å². The molecule has 2 aromatic carbocycles. The molecular formula is C20H20N2O4. The Balaban J connectivity index is 1.79. The fourth-order valence-corrected chi connectivity index (χ4v) is 2.65. The third kappa shape index (κ3) is 3.69. The van der Waals surface area contributed by atoms with Crippen LogP contribution in [0.5, 0.6) is 11.5 Å². The summed E-state index contributed by atoms with van der Waals surface area (Å²) in [6.07, 6.45) is 0. The zero-order valence-corrected chi connectivity index (χ0v) is 15.1. The van der Waals surface area contributed by atoms with Crippen molar-refractivity contribution < 1.29 is 18.7 Å². The topological polar surface area (TPSA) is 73.6 Å². The molecule has 0 saturated carbocycles. The highest BCUT2D eigenvalue weighted by Crippen LogP contribution is 2.26. The molecule has 134 valence electrons. The number of oxazole rings is 1. The van der Waals surface area contributed by atoms with Crippen molar-refractivity contribution in [2.75, 3.05) is 19.5 Å². The maximum absolute atomic E-state index is 12.5. The van der Waals surface area contributed by atoms with E-state index < -0.39 is 0 Å². The molecule has 0 saturated heterocycles. The van der Waals surface area contributed by atoms with E-state index in [-0.39, 0.29) is 5.91 Å². The Labute approximate surface area is 151 Å². The van der Waals surface area contributed by atoms with Crippen LogP contribution in [-0.4, -0.2) is 25.1 Å². The first-order valence-corrected chi connectivity index (χ1v) is 8.09. The number of aromatic nitrogens is 1. The van der Waals surface area contributed by atoms with Crippen LogP contribution in [0.2, 0.25) is 0 Å². The number of carbonyl (C=O) groups is 1. The summed E-state index contributed by atoms with van der Waals surface area (Å²) in [4.78, 5) is 16.9. The number of nitrogens with one attached hydrogen (secondary N) is 1. The summed E-state index contributed by atoms with van der Waals surface area (Å²) in [5.74, 6) is 2.26. The van der Waals surface area contributed by atoms with E-state index in [4.69, 9.17) is 13.9 Å². The number of methoxy groups -OCH3 is 2. The summed E-state index contributed by atoms with van der Waals surface area (Å²) in [6.45, 7) is 3.69. The van der Waals surface area contributed by atoms with Gasteiger partial charge in [0.1, 0.15) is 23.0 Å². The second-order valence-corrected chi connectivity index (χ2v) is 5.77. The normalized spacial score (nSPS) is 10.5. The number of carbonyl (C=O) groups excluding carboxylic acids is 1. The Morgan fingerprint density at radius 2 is 1.62 bits per heavy atom. The van der Waals surface area contributed by atoms with Crippen LogP contribution < -0.4 is 14.8 Å². The molecule has 0 aliphatic rings. The molecule has 6 nitrogen and oxygen atoms in total. The average molecular weight is 352 g/mol. The molecule has 6 heteroatoms. The fourth-order valence-electron chi connectivity index (χ4n) is 2.65. The number of benzene rings is 2. The van der Waals surface area contributed by atoms with Crippen molar-refractivity contribution in [1.82, 2.24) is 4.98 Å². The third-order valence-electron chi connectivity index (χ3n) is 3.93. The number of hydrogen-bond donors (Lipinski definition) is 1. The van der Waals surface area contributed by atoms with Crippen LogP contribution in [0.25, 0.3) is 11.3 Å². The first-order chi connectivity index (χ1) is 12.5. The van der Waals surface area contributed by atoms with Gasteiger partial charge in [-0.05, 0) is 31.2 Å². The molecule has 0 fully saturated rings.